The zero-order valence-corrected chi connectivity index (χ0v) is 13.0. The second kappa shape index (κ2) is 4.99. The van der Waals surface area contributed by atoms with E-state index in [-0.39, 0.29) is 0 Å². The van der Waals surface area contributed by atoms with Crippen LogP contribution in [0.2, 0.25) is 0 Å². The molecule has 0 radical (unpaired) electrons. The Labute approximate surface area is 122 Å². The lowest BCUT2D eigenvalue weighted by Crippen LogP contribution is -1.95. The number of thiazole rings is 1. The first-order chi connectivity index (χ1) is 8.70. The number of thiophene rings is 1. The third-order valence-electron chi connectivity index (χ3n) is 2.58. The van der Waals surface area contributed by atoms with Crippen LogP contribution in [0.25, 0.3) is 10.2 Å². The van der Waals surface area contributed by atoms with E-state index in [4.69, 9.17) is 0 Å². The minimum Gasteiger partial charge on any atom is -0.357 e. The maximum Gasteiger partial charge on any atom is 0.184 e. The molecule has 0 aliphatic rings. The molecule has 92 valence electrons. The molecule has 0 unspecified atom stereocenters. The Balaban J connectivity index is 1.78. The average Bonchev–Trinajstić information content (AvgIpc) is 2.92. The summed E-state index contributed by atoms with van der Waals surface area (Å²) in [6.07, 6.45) is 0. The van der Waals surface area contributed by atoms with Crippen LogP contribution in [-0.2, 0) is 6.54 Å². The first-order valence-corrected chi connectivity index (χ1v) is 8.03. The van der Waals surface area contributed by atoms with Crippen LogP contribution in [0.15, 0.2) is 34.1 Å². The first-order valence-electron chi connectivity index (χ1n) is 5.55. The maximum absolute atomic E-state index is 4.60. The molecule has 0 fully saturated rings. The predicted octanol–water partition coefficient (Wildman–Crippen LogP) is 5.04. The van der Waals surface area contributed by atoms with Crippen molar-refractivity contribution in [1.82, 2.24) is 4.98 Å². The predicted molar refractivity (Wildman–Crippen MR) is 83.7 cm³/mol. The summed E-state index contributed by atoms with van der Waals surface area (Å²) in [6, 6.07) is 8.52. The largest absolute Gasteiger partial charge is 0.357 e. The van der Waals surface area contributed by atoms with Crippen molar-refractivity contribution in [1.29, 1.82) is 0 Å². The summed E-state index contributed by atoms with van der Waals surface area (Å²) in [5.41, 5.74) is 2.33. The molecular weight excluding hydrogens is 328 g/mol. The molecule has 0 aliphatic carbocycles. The molecule has 0 saturated carbocycles. The van der Waals surface area contributed by atoms with Crippen molar-refractivity contribution in [2.24, 2.45) is 0 Å². The van der Waals surface area contributed by atoms with E-state index in [0.29, 0.717) is 0 Å². The topological polar surface area (TPSA) is 24.9 Å². The van der Waals surface area contributed by atoms with Crippen molar-refractivity contribution >= 4 is 54.0 Å². The van der Waals surface area contributed by atoms with Crippen LogP contribution in [0.5, 0.6) is 0 Å². The second-order valence-electron chi connectivity index (χ2n) is 4.07. The van der Waals surface area contributed by atoms with Gasteiger partial charge in [0.15, 0.2) is 5.13 Å². The number of halogens is 1. The zero-order chi connectivity index (χ0) is 12.5. The van der Waals surface area contributed by atoms with E-state index in [1.807, 2.05) is 0 Å². The fourth-order valence-electron chi connectivity index (χ4n) is 1.72. The van der Waals surface area contributed by atoms with Gasteiger partial charge in [-0.2, -0.15) is 0 Å². The smallest absolute Gasteiger partial charge is 0.184 e. The Morgan fingerprint density at radius 2 is 2.22 bits per heavy atom. The maximum atomic E-state index is 4.60. The van der Waals surface area contributed by atoms with Crippen molar-refractivity contribution in [2.75, 3.05) is 5.32 Å². The monoisotopic (exact) mass is 338 g/mol. The van der Waals surface area contributed by atoms with Gasteiger partial charge >= 0.3 is 0 Å². The molecule has 0 aliphatic heterocycles. The van der Waals surface area contributed by atoms with Gasteiger partial charge in [0.25, 0.3) is 0 Å². The fraction of sp³-hybridized carbons (Fsp3) is 0.154. The summed E-state index contributed by atoms with van der Waals surface area (Å²) in [5.74, 6) is 0. The molecule has 3 rings (SSSR count). The quantitative estimate of drug-likeness (QED) is 0.723. The average molecular weight is 339 g/mol. The highest BCUT2D eigenvalue weighted by molar-refractivity contribution is 9.10. The molecule has 1 aromatic carbocycles. The van der Waals surface area contributed by atoms with Crippen molar-refractivity contribution in [3.05, 3.63) is 44.6 Å². The number of nitrogens with one attached hydrogen (secondary N) is 1. The lowest BCUT2D eigenvalue weighted by Gasteiger charge is -1.98. The summed E-state index contributed by atoms with van der Waals surface area (Å²) in [7, 11) is 0. The molecule has 2 nitrogen and oxygen atoms in total. The third kappa shape index (κ3) is 2.58. The molecule has 0 spiro atoms. The molecule has 18 heavy (non-hydrogen) atoms. The standard InChI is InChI=1S/C13H11BrN2S2/c1-8-2-3-12-11(4-8)16-13(18-12)15-6-10-5-9(14)7-17-10/h2-5,7H,6H2,1H3,(H,15,16). The van der Waals surface area contributed by atoms with Crippen molar-refractivity contribution in [2.45, 2.75) is 13.5 Å². The number of benzene rings is 1. The van der Waals surface area contributed by atoms with Gasteiger partial charge < -0.3 is 5.32 Å². The number of hydrogen-bond acceptors (Lipinski definition) is 4. The van der Waals surface area contributed by atoms with Crippen molar-refractivity contribution < 1.29 is 0 Å². The van der Waals surface area contributed by atoms with Gasteiger partial charge in [-0.1, -0.05) is 17.4 Å². The fourth-order valence-corrected chi connectivity index (χ4v) is 3.95. The summed E-state index contributed by atoms with van der Waals surface area (Å²) in [4.78, 5) is 5.90. The lowest BCUT2D eigenvalue weighted by atomic mass is 10.2. The number of aryl methyl sites for hydroxylation is 1. The Morgan fingerprint density at radius 3 is 3.00 bits per heavy atom. The molecule has 1 N–H and O–H groups in total. The number of nitrogens with zero attached hydrogens (tertiary/aromatic N) is 1. The van der Waals surface area contributed by atoms with Crippen LogP contribution in [0.3, 0.4) is 0 Å². The van der Waals surface area contributed by atoms with Gasteiger partial charge in [0.1, 0.15) is 0 Å². The Kier molecular flexibility index (Phi) is 3.37. The van der Waals surface area contributed by atoms with Crippen molar-refractivity contribution in [3.8, 4) is 0 Å². The SMILES string of the molecule is Cc1ccc2sc(NCc3cc(Br)cs3)nc2c1. The van der Waals surface area contributed by atoms with Gasteiger partial charge in [-0.15, -0.1) is 11.3 Å². The molecule has 2 heterocycles. The molecule has 0 atom stereocenters. The highest BCUT2D eigenvalue weighted by Crippen LogP contribution is 2.27. The van der Waals surface area contributed by atoms with Crippen LogP contribution in [0.1, 0.15) is 10.4 Å². The van der Waals surface area contributed by atoms with Gasteiger partial charge in [0.05, 0.1) is 16.8 Å². The molecular formula is C13H11BrN2S2. The van der Waals surface area contributed by atoms with E-state index in [1.54, 1.807) is 22.7 Å². The van der Waals surface area contributed by atoms with E-state index in [0.717, 1.165) is 21.7 Å². The molecule has 5 heteroatoms. The van der Waals surface area contributed by atoms with E-state index in [1.165, 1.54) is 15.1 Å². The Bertz CT molecular complexity index is 687. The van der Waals surface area contributed by atoms with Gasteiger partial charge in [-0.05, 0) is 46.6 Å². The number of fused-ring (bicyclic) bond motifs is 1. The summed E-state index contributed by atoms with van der Waals surface area (Å²) in [5, 5.41) is 6.46. The van der Waals surface area contributed by atoms with Gasteiger partial charge in [-0.3, -0.25) is 0 Å². The van der Waals surface area contributed by atoms with Gasteiger partial charge in [0.2, 0.25) is 0 Å². The highest BCUT2D eigenvalue weighted by Gasteiger charge is 2.04. The molecule has 3 aromatic rings. The van der Waals surface area contributed by atoms with Crippen molar-refractivity contribution in [3.63, 3.8) is 0 Å². The van der Waals surface area contributed by atoms with Gasteiger partial charge in [0, 0.05) is 14.7 Å². The minimum absolute atomic E-state index is 0.828. The second-order valence-corrected chi connectivity index (χ2v) is 7.02. The van der Waals surface area contributed by atoms with E-state index < -0.39 is 0 Å². The van der Waals surface area contributed by atoms with Crippen LogP contribution < -0.4 is 5.32 Å². The summed E-state index contributed by atoms with van der Waals surface area (Å²) in [6.45, 7) is 2.92. The summed E-state index contributed by atoms with van der Waals surface area (Å²) < 4.78 is 2.37. The van der Waals surface area contributed by atoms with E-state index in [2.05, 4.69) is 62.8 Å². The van der Waals surface area contributed by atoms with E-state index in [9.17, 15) is 0 Å². The Morgan fingerprint density at radius 1 is 1.33 bits per heavy atom. The van der Waals surface area contributed by atoms with Gasteiger partial charge in [-0.25, -0.2) is 4.98 Å². The van der Waals surface area contributed by atoms with Crippen LogP contribution in [0, 0.1) is 6.92 Å². The molecule has 2 aromatic heterocycles. The van der Waals surface area contributed by atoms with Crippen LogP contribution in [-0.4, -0.2) is 4.98 Å². The third-order valence-corrected chi connectivity index (χ3v) is 5.27. The first kappa shape index (κ1) is 12.1. The normalized spacial score (nSPS) is 11.0. The summed E-state index contributed by atoms with van der Waals surface area (Å²) >= 11 is 6.91. The number of aromatic nitrogens is 1. The molecule has 0 amide bonds. The minimum atomic E-state index is 0.828. The van der Waals surface area contributed by atoms with Crippen LogP contribution >= 0.6 is 38.6 Å². The molecule has 0 bridgehead atoms. The lowest BCUT2D eigenvalue weighted by molar-refractivity contribution is 1.18. The van der Waals surface area contributed by atoms with Crippen LogP contribution in [0.4, 0.5) is 5.13 Å². The highest BCUT2D eigenvalue weighted by atomic mass is 79.9. The zero-order valence-electron chi connectivity index (χ0n) is 9.74. The van der Waals surface area contributed by atoms with E-state index >= 15 is 0 Å². The number of anilines is 1. The molecule has 0 saturated heterocycles. The Hall–Kier alpha value is -0.910. The number of hydrogen-bond donors (Lipinski definition) is 1. The number of rotatable bonds is 3.